The van der Waals surface area contributed by atoms with E-state index in [1.54, 1.807) is 0 Å². The molecule has 0 radical (unpaired) electrons. The van der Waals surface area contributed by atoms with Crippen LogP contribution in [0, 0.1) is 27.7 Å². The molecule has 2 aliphatic rings. The van der Waals surface area contributed by atoms with Gasteiger partial charge in [0, 0.05) is 22.3 Å². The van der Waals surface area contributed by atoms with Crippen LogP contribution in [0.5, 0.6) is 0 Å². The molecule has 6 aromatic rings. The summed E-state index contributed by atoms with van der Waals surface area (Å²) in [6.45, 7) is 8.49. The van der Waals surface area contributed by atoms with Crippen LogP contribution in [-0.4, -0.2) is 23.9 Å². The van der Waals surface area contributed by atoms with Crippen molar-refractivity contribution in [1.29, 1.82) is 0 Å². The summed E-state index contributed by atoms with van der Waals surface area (Å²) in [6, 6.07) is 55.7. The fourth-order valence-electron chi connectivity index (χ4n) is 7.98. The number of rotatable bonds is 10. The third kappa shape index (κ3) is 8.51. The molecule has 0 saturated heterocycles. The SMILES string of the molecule is Cc1ccc(C2(c3ccc(C)cc3)OC(CC3=N[C@H](Cc4ccccc4)C(c4ccc(C)cc4)(c4ccc(C)cc4)O3)=N[C@@H]2Cc2ccccc2)cc1.[Br-].[Br-].[Ni+2]. The number of nitrogens with zero attached hydrogens (tertiary/aromatic N) is 2. The van der Waals surface area contributed by atoms with Gasteiger partial charge in [0.1, 0.15) is 12.1 Å². The van der Waals surface area contributed by atoms with Crippen molar-refractivity contribution < 1.29 is 59.9 Å². The molecule has 2 aliphatic heterocycles. The standard InChI is InChI=1S/C49H46N2O2.2BrH.Ni/c1-34-15-23-40(24-16-34)48(41-25-17-35(2)18-26-41)44(31-38-11-7-5-8-12-38)50-46(52-48)33-47-51-45(32-39-13-9-6-10-14-39)49(53-47,42-27-19-36(3)20-28-42)43-29-21-37(4)22-30-43;;;/h5-30,44-45H,31-33H2,1-4H3;2*1H;/q;;;+2/p-2/t44-,45-;;;/m1.../s1. The normalized spacial score (nSPS) is 17.5. The molecule has 2 atom stereocenters. The Morgan fingerprint density at radius 2 is 0.679 bits per heavy atom. The van der Waals surface area contributed by atoms with Crippen molar-refractivity contribution in [3.8, 4) is 0 Å². The van der Waals surface area contributed by atoms with E-state index in [2.05, 4.69) is 185 Å². The Balaban J connectivity index is 0.00000200. The first-order valence-electron chi connectivity index (χ1n) is 18.7. The van der Waals surface area contributed by atoms with Gasteiger partial charge in [-0.1, -0.05) is 180 Å². The summed E-state index contributed by atoms with van der Waals surface area (Å²) < 4.78 is 14.6. The topological polar surface area (TPSA) is 43.2 Å². The number of aliphatic imine (C=N–C) groups is 2. The van der Waals surface area contributed by atoms with Gasteiger partial charge in [-0.2, -0.15) is 0 Å². The predicted octanol–water partition coefficient (Wildman–Crippen LogP) is 4.58. The number of benzene rings is 6. The van der Waals surface area contributed by atoms with Crippen molar-refractivity contribution in [2.24, 2.45) is 9.98 Å². The van der Waals surface area contributed by atoms with Crippen LogP contribution < -0.4 is 34.0 Å². The molecule has 288 valence electrons. The molecule has 2 heterocycles. The van der Waals surface area contributed by atoms with E-state index in [1.165, 1.54) is 33.4 Å². The van der Waals surface area contributed by atoms with Gasteiger partial charge < -0.3 is 43.4 Å². The molecule has 0 aromatic heterocycles. The van der Waals surface area contributed by atoms with Crippen LogP contribution in [0.25, 0.3) is 0 Å². The zero-order chi connectivity index (χ0) is 36.4. The van der Waals surface area contributed by atoms with Crippen LogP contribution in [0.1, 0.15) is 62.1 Å². The van der Waals surface area contributed by atoms with E-state index in [-0.39, 0.29) is 62.5 Å². The average molecular weight is 913 g/mol. The second kappa shape index (κ2) is 18.3. The number of ether oxygens (including phenoxy) is 2. The second-order valence-corrected chi connectivity index (χ2v) is 14.8. The van der Waals surface area contributed by atoms with Gasteiger partial charge in [0.15, 0.2) is 23.0 Å². The molecule has 0 spiro atoms. The van der Waals surface area contributed by atoms with Crippen LogP contribution in [0.15, 0.2) is 168 Å². The smallest absolute Gasteiger partial charge is 1.00 e. The quantitative estimate of drug-likeness (QED) is 0.189. The van der Waals surface area contributed by atoms with Gasteiger partial charge in [0.2, 0.25) is 0 Å². The first-order valence-corrected chi connectivity index (χ1v) is 18.7. The molecule has 0 bridgehead atoms. The van der Waals surface area contributed by atoms with Crippen molar-refractivity contribution in [2.45, 2.75) is 70.2 Å². The van der Waals surface area contributed by atoms with Crippen molar-refractivity contribution in [3.63, 3.8) is 0 Å². The van der Waals surface area contributed by atoms with Crippen LogP contribution in [0.3, 0.4) is 0 Å². The van der Waals surface area contributed by atoms with Gasteiger partial charge in [-0.15, -0.1) is 0 Å². The Morgan fingerprint density at radius 1 is 0.411 bits per heavy atom. The summed E-state index contributed by atoms with van der Waals surface area (Å²) in [5.41, 5.74) is 9.89. The average Bonchev–Trinajstić information content (AvgIpc) is 3.72. The van der Waals surface area contributed by atoms with Gasteiger partial charge in [-0.3, -0.25) is 0 Å². The largest absolute Gasteiger partial charge is 2.00 e. The van der Waals surface area contributed by atoms with Gasteiger partial charge in [-0.25, -0.2) is 9.98 Å². The van der Waals surface area contributed by atoms with Crippen LogP contribution in [-0.2, 0) is 50.0 Å². The summed E-state index contributed by atoms with van der Waals surface area (Å²) >= 11 is 0. The Hall–Kier alpha value is -4.29. The van der Waals surface area contributed by atoms with Crippen molar-refractivity contribution in [3.05, 3.63) is 213 Å². The molecular weight excluding hydrogens is 867 g/mol. The zero-order valence-corrected chi connectivity index (χ0v) is 36.2. The first kappa shape index (κ1) is 42.8. The Bertz CT molecular complexity index is 1990. The fraction of sp³-hybridized carbons (Fsp3) is 0.224. The molecule has 8 rings (SSSR count). The predicted molar refractivity (Wildman–Crippen MR) is 216 cm³/mol. The molecular formula is C49H46Br2N2NiO2. The molecule has 0 unspecified atom stereocenters. The van der Waals surface area contributed by atoms with E-state index < -0.39 is 11.2 Å². The minimum absolute atomic E-state index is 0. The summed E-state index contributed by atoms with van der Waals surface area (Å²) in [4.78, 5) is 10.9. The van der Waals surface area contributed by atoms with Crippen LogP contribution in [0.4, 0.5) is 0 Å². The Kier molecular flexibility index (Phi) is 14.0. The maximum absolute atomic E-state index is 7.30. The van der Waals surface area contributed by atoms with Crippen molar-refractivity contribution in [2.75, 3.05) is 0 Å². The summed E-state index contributed by atoms with van der Waals surface area (Å²) in [7, 11) is 0. The molecule has 7 heteroatoms. The van der Waals surface area contributed by atoms with Gasteiger partial charge in [0.25, 0.3) is 0 Å². The van der Waals surface area contributed by atoms with E-state index in [1.807, 2.05) is 0 Å². The monoisotopic (exact) mass is 910 g/mol. The molecule has 0 aliphatic carbocycles. The van der Waals surface area contributed by atoms with Gasteiger partial charge in [-0.05, 0) is 51.7 Å². The van der Waals surface area contributed by atoms with E-state index in [0.717, 1.165) is 22.3 Å². The fourth-order valence-corrected chi connectivity index (χ4v) is 7.98. The second-order valence-electron chi connectivity index (χ2n) is 14.8. The minimum Gasteiger partial charge on any atom is -1.00 e. The molecule has 0 fully saturated rings. The molecule has 0 amide bonds. The minimum atomic E-state index is -0.833. The van der Waals surface area contributed by atoms with Crippen LogP contribution in [0.2, 0.25) is 0 Å². The van der Waals surface area contributed by atoms with E-state index in [9.17, 15) is 0 Å². The molecule has 56 heavy (non-hydrogen) atoms. The maximum atomic E-state index is 7.30. The van der Waals surface area contributed by atoms with E-state index in [0.29, 0.717) is 31.1 Å². The number of hydrogen-bond donors (Lipinski definition) is 0. The van der Waals surface area contributed by atoms with E-state index in [4.69, 9.17) is 19.5 Å². The van der Waals surface area contributed by atoms with Crippen molar-refractivity contribution in [1.82, 2.24) is 0 Å². The summed E-state index contributed by atoms with van der Waals surface area (Å²) in [5, 5.41) is 0. The molecule has 0 saturated carbocycles. The van der Waals surface area contributed by atoms with Crippen LogP contribution >= 0.6 is 0 Å². The number of halogens is 2. The number of hydrogen-bond acceptors (Lipinski definition) is 4. The third-order valence-electron chi connectivity index (χ3n) is 10.9. The third-order valence-corrected chi connectivity index (χ3v) is 10.9. The Morgan fingerprint density at radius 3 is 0.946 bits per heavy atom. The summed E-state index contributed by atoms with van der Waals surface area (Å²) in [6.07, 6.45) is 1.77. The molecule has 4 nitrogen and oxygen atoms in total. The molecule has 0 N–H and O–H groups in total. The summed E-state index contributed by atoms with van der Waals surface area (Å²) in [5.74, 6) is 1.26. The Labute approximate surface area is 363 Å². The number of aryl methyl sites for hydroxylation is 4. The van der Waals surface area contributed by atoms with Gasteiger partial charge in [0.05, 0.1) is 6.42 Å². The van der Waals surface area contributed by atoms with Gasteiger partial charge >= 0.3 is 16.5 Å². The maximum Gasteiger partial charge on any atom is 2.00 e. The van der Waals surface area contributed by atoms with Crippen molar-refractivity contribution >= 4 is 11.8 Å². The first-order chi connectivity index (χ1) is 25.8. The van der Waals surface area contributed by atoms with E-state index >= 15 is 0 Å². The molecule has 6 aromatic carbocycles. The zero-order valence-electron chi connectivity index (χ0n) is 32.1.